The van der Waals surface area contributed by atoms with Crippen molar-refractivity contribution >= 4 is 45.5 Å². The lowest BCUT2D eigenvalue weighted by atomic mass is 9.95. The van der Waals surface area contributed by atoms with Gasteiger partial charge in [0, 0.05) is 4.88 Å². The molecule has 2 heterocycles. The van der Waals surface area contributed by atoms with Crippen LogP contribution in [0.2, 0.25) is 0 Å². The number of hydrogen-bond acceptors (Lipinski definition) is 5. The molecule has 0 aliphatic heterocycles. The molecule has 0 aromatic carbocycles. The van der Waals surface area contributed by atoms with Crippen LogP contribution in [-0.2, 0) is 12.8 Å². The third-order valence-electron chi connectivity index (χ3n) is 3.62. The Morgan fingerprint density at radius 3 is 2.78 bits per heavy atom. The lowest BCUT2D eigenvalue weighted by Crippen LogP contribution is -2.34. The maximum Gasteiger partial charge on any atom is 0.293 e. The van der Waals surface area contributed by atoms with Gasteiger partial charge in [0.05, 0.1) is 11.8 Å². The molecule has 8 heteroatoms. The fraction of sp³-hybridized carbons (Fsp3) is 0.267. The van der Waals surface area contributed by atoms with Gasteiger partial charge in [-0.2, -0.15) is 0 Å². The average molecular weight is 349 g/mol. The fourth-order valence-corrected chi connectivity index (χ4v) is 4.18. The van der Waals surface area contributed by atoms with Gasteiger partial charge in [-0.1, -0.05) is 0 Å². The van der Waals surface area contributed by atoms with E-state index in [0.717, 1.165) is 36.1 Å². The standard InChI is InChI=1S/C15H15N3O3S2/c16-12(19)11-8-4-1-2-6-10(8)23-14(11)18-15(22)17-13(20)9-5-3-7-21-9/h3,5,7H,1-2,4,6H2,(H2,16,19)(H2,17,18,20,22). The van der Waals surface area contributed by atoms with E-state index in [0.29, 0.717) is 10.6 Å². The molecule has 120 valence electrons. The Bertz CT molecular complexity index is 765. The van der Waals surface area contributed by atoms with Crippen molar-refractivity contribution in [3.63, 3.8) is 0 Å². The van der Waals surface area contributed by atoms with Crippen LogP contribution in [0.5, 0.6) is 0 Å². The number of thiocarbonyl (C=S) groups is 1. The minimum Gasteiger partial charge on any atom is -0.459 e. The van der Waals surface area contributed by atoms with Gasteiger partial charge < -0.3 is 15.5 Å². The zero-order chi connectivity index (χ0) is 16.4. The Morgan fingerprint density at radius 1 is 1.30 bits per heavy atom. The van der Waals surface area contributed by atoms with E-state index in [4.69, 9.17) is 22.4 Å². The maximum absolute atomic E-state index is 11.9. The van der Waals surface area contributed by atoms with Gasteiger partial charge in [0.1, 0.15) is 5.00 Å². The van der Waals surface area contributed by atoms with E-state index in [1.54, 1.807) is 6.07 Å². The Balaban J connectivity index is 1.77. The number of carbonyl (C=O) groups is 2. The zero-order valence-electron chi connectivity index (χ0n) is 12.2. The van der Waals surface area contributed by atoms with Crippen molar-refractivity contribution in [1.82, 2.24) is 5.32 Å². The molecule has 4 N–H and O–H groups in total. The van der Waals surface area contributed by atoms with Gasteiger partial charge in [-0.15, -0.1) is 11.3 Å². The molecule has 0 atom stereocenters. The molecule has 0 unspecified atom stereocenters. The summed E-state index contributed by atoms with van der Waals surface area (Å²) in [4.78, 5) is 24.8. The maximum atomic E-state index is 11.9. The highest BCUT2D eigenvalue weighted by Gasteiger charge is 2.24. The molecule has 23 heavy (non-hydrogen) atoms. The molecular weight excluding hydrogens is 334 g/mol. The summed E-state index contributed by atoms with van der Waals surface area (Å²) in [7, 11) is 0. The summed E-state index contributed by atoms with van der Waals surface area (Å²) >= 11 is 6.61. The van der Waals surface area contributed by atoms with Crippen molar-refractivity contribution in [2.24, 2.45) is 5.73 Å². The van der Waals surface area contributed by atoms with E-state index >= 15 is 0 Å². The molecule has 6 nitrogen and oxygen atoms in total. The zero-order valence-corrected chi connectivity index (χ0v) is 13.8. The van der Waals surface area contributed by atoms with E-state index in [9.17, 15) is 9.59 Å². The Kier molecular flexibility index (Phi) is 4.44. The molecule has 1 aliphatic rings. The van der Waals surface area contributed by atoms with Gasteiger partial charge in [-0.3, -0.25) is 14.9 Å². The molecule has 0 saturated carbocycles. The predicted molar refractivity (Wildman–Crippen MR) is 91.9 cm³/mol. The highest BCUT2D eigenvalue weighted by atomic mass is 32.1. The molecule has 0 fully saturated rings. The van der Waals surface area contributed by atoms with E-state index < -0.39 is 11.8 Å². The lowest BCUT2D eigenvalue weighted by molar-refractivity contribution is 0.0949. The van der Waals surface area contributed by atoms with Gasteiger partial charge in [0.2, 0.25) is 0 Å². The van der Waals surface area contributed by atoms with Gasteiger partial charge in [-0.05, 0) is 55.6 Å². The van der Waals surface area contributed by atoms with E-state index in [-0.39, 0.29) is 10.9 Å². The van der Waals surface area contributed by atoms with E-state index in [1.165, 1.54) is 23.7 Å². The number of rotatable bonds is 3. The molecule has 0 radical (unpaired) electrons. The summed E-state index contributed by atoms with van der Waals surface area (Å²) < 4.78 is 5.00. The highest BCUT2D eigenvalue weighted by molar-refractivity contribution is 7.80. The van der Waals surface area contributed by atoms with Crippen molar-refractivity contribution < 1.29 is 14.0 Å². The van der Waals surface area contributed by atoms with Crippen molar-refractivity contribution in [1.29, 1.82) is 0 Å². The van der Waals surface area contributed by atoms with Gasteiger partial charge in [0.15, 0.2) is 10.9 Å². The normalized spacial score (nSPS) is 13.2. The van der Waals surface area contributed by atoms with E-state index in [2.05, 4.69) is 10.6 Å². The number of furan rings is 1. The molecular formula is C15H15N3O3S2. The third kappa shape index (κ3) is 3.27. The number of fused-ring (bicyclic) bond motifs is 1. The molecule has 3 rings (SSSR count). The van der Waals surface area contributed by atoms with Crippen LogP contribution >= 0.6 is 23.6 Å². The number of aryl methyl sites for hydroxylation is 1. The van der Waals surface area contributed by atoms with Crippen molar-refractivity contribution in [3.8, 4) is 0 Å². The first-order valence-electron chi connectivity index (χ1n) is 7.16. The number of carbonyl (C=O) groups excluding carboxylic acids is 2. The fourth-order valence-electron chi connectivity index (χ4n) is 2.62. The second-order valence-electron chi connectivity index (χ2n) is 5.16. The van der Waals surface area contributed by atoms with Crippen LogP contribution in [0.15, 0.2) is 22.8 Å². The van der Waals surface area contributed by atoms with E-state index in [1.807, 2.05) is 0 Å². The Morgan fingerprint density at radius 2 is 2.09 bits per heavy atom. The van der Waals surface area contributed by atoms with Crippen molar-refractivity contribution in [3.05, 3.63) is 40.2 Å². The predicted octanol–water partition coefficient (Wildman–Crippen LogP) is 2.45. The molecule has 0 spiro atoms. The summed E-state index contributed by atoms with van der Waals surface area (Å²) in [6, 6.07) is 3.15. The van der Waals surface area contributed by atoms with Crippen LogP contribution in [0.25, 0.3) is 0 Å². The molecule has 1 aliphatic carbocycles. The summed E-state index contributed by atoms with van der Waals surface area (Å²) in [6.45, 7) is 0. The van der Waals surface area contributed by atoms with Crippen LogP contribution in [0, 0.1) is 0 Å². The smallest absolute Gasteiger partial charge is 0.293 e. The van der Waals surface area contributed by atoms with Crippen molar-refractivity contribution in [2.75, 3.05) is 5.32 Å². The highest BCUT2D eigenvalue weighted by Crippen LogP contribution is 2.37. The van der Waals surface area contributed by atoms with Gasteiger partial charge in [-0.25, -0.2) is 0 Å². The number of hydrogen-bond donors (Lipinski definition) is 3. The van der Waals surface area contributed by atoms with Crippen LogP contribution < -0.4 is 16.4 Å². The summed E-state index contributed by atoms with van der Waals surface area (Å²) in [5.74, 6) is -0.767. The number of nitrogens with one attached hydrogen (secondary N) is 2. The van der Waals surface area contributed by atoms with Gasteiger partial charge in [0.25, 0.3) is 11.8 Å². The number of thiophene rings is 1. The second kappa shape index (κ2) is 6.51. The van der Waals surface area contributed by atoms with Gasteiger partial charge >= 0.3 is 0 Å². The summed E-state index contributed by atoms with van der Waals surface area (Å²) in [6.07, 6.45) is 5.34. The molecule has 0 bridgehead atoms. The number of anilines is 1. The van der Waals surface area contributed by atoms with Crippen LogP contribution in [0.1, 0.15) is 44.2 Å². The largest absolute Gasteiger partial charge is 0.459 e. The third-order valence-corrected chi connectivity index (χ3v) is 5.03. The number of amides is 2. The van der Waals surface area contributed by atoms with Crippen molar-refractivity contribution in [2.45, 2.75) is 25.7 Å². The SMILES string of the molecule is NC(=O)c1c(NC(=S)NC(=O)c2ccco2)sc2c1CCCC2. The van der Waals surface area contributed by atoms with Crippen LogP contribution in [0.3, 0.4) is 0 Å². The lowest BCUT2D eigenvalue weighted by Gasteiger charge is -2.11. The molecule has 2 aromatic rings. The Hall–Kier alpha value is -2.19. The first kappa shape index (κ1) is 15.7. The minimum atomic E-state index is -0.480. The average Bonchev–Trinajstić information content (AvgIpc) is 3.14. The molecule has 2 amide bonds. The monoisotopic (exact) mass is 349 g/mol. The Labute approximate surface area is 142 Å². The quantitative estimate of drug-likeness (QED) is 0.740. The molecule has 2 aromatic heterocycles. The van der Waals surface area contributed by atoms with Crippen LogP contribution in [0.4, 0.5) is 5.00 Å². The topological polar surface area (TPSA) is 97.4 Å². The minimum absolute atomic E-state index is 0.104. The summed E-state index contributed by atoms with van der Waals surface area (Å²) in [5.41, 5.74) is 7.02. The van der Waals surface area contributed by atoms with Crippen LogP contribution in [-0.4, -0.2) is 16.9 Å². The first-order valence-corrected chi connectivity index (χ1v) is 8.39. The summed E-state index contributed by atoms with van der Waals surface area (Å²) in [5, 5.41) is 6.13. The number of primary amides is 1. The second-order valence-corrected chi connectivity index (χ2v) is 6.68. The molecule has 0 saturated heterocycles. The number of nitrogens with two attached hydrogens (primary N) is 1. The first-order chi connectivity index (χ1) is 11.1.